The van der Waals surface area contributed by atoms with Gasteiger partial charge in [0.25, 0.3) is 5.91 Å². The maximum Gasteiger partial charge on any atom is 0.267 e. The molecule has 3 aromatic rings. The van der Waals surface area contributed by atoms with Crippen molar-refractivity contribution in [1.29, 1.82) is 0 Å². The lowest BCUT2D eigenvalue weighted by Gasteiger charge is -2.07. The van der Waals surface area contributed by atoms with Crippen LogP contribution in [-0.4, -0.2) is 23.9 Å². The van der Waals surface area contributed by atoms with E-state index in [1.165, 1.54) is 20.1 Å². The minimum Gasteiger partial charge on any atom is -0.496 e. The number of anilines is 2. The third-order valence-electron chi connectivity index (χ3n) is 3.88. The average molecular weight is 399 g/mol. The van der Waals surface area contributed by atoms with E-state index in [-0.39, 0.29) is 17.4 Å². The number of carbonyl (C=O) groups is 2. The molecule has 2 amide bonds. The van der Waals surface area contributed by atoms with Crippen LogP contribution in [0.15, 0.2) is 42.5 Å². The Morgan fingerprint density at radius 2 is 1.71 bits per heavy atom. The average Bonchev–Trinajstić information content (AvgIpc) is 3.04. The van der Waals surface area contributed by atoms with E-state index in [9.17, 15) is 14.0 Å². The van der Waals surface area contributed by atoms with Gasteiger partial charge in [0.05, 0.1) is 18.4 Å². The molecule has 6 nitrogen and oxygen atoms in total. The van der Waals surface area contributed by atoms with Crippen molar-refractivity contribution in [2.45, 2.75) is 13.8 Å². The molecule has 8 heteroatoms. The van der Waals surface area contributed by atoms with Crippen LogP contribution in [0.1, 0.15) is 22.3 Å². The number of nitrogens with one attached hydrogen (secondary N) is 2. The molecule has 2 aromatic carbocycles. The summed E-state index contributed by atoms with van der Waals surface area (Å²) in [5.74, 6) is -0.625. The van der Waals surface area contributed by atoms with Gasteiger partial charge in [-0.3, -0.25) is 9.59 Å². The summed E-state index contributed by atoms with van der Waals surface area (Å²) in [4.78, 5) is 28.4. The number of amides is 2. The van der Waals surface area contributed by atoms with E-state index < -0.39 is 5.82 Å². The van der Waals surface area contributed by atoms with Crippen LogP contribution in [0.2, 0.25) is 0 Å². The van der Waals surface area contributed by atoms with Crippen molar-refractivity contribution >= 4 is 34.5 Å². The highest BCUT2D eigenvalue weighted by molar-refractivity contribution is 7.17. The zero-order chi connectivity index (χ0) is 20.3. The number of methoxy groups -OCH3 is 1. The fourth-order valence-electron chi connectivity index (χ4n) is 2.62. The monoisotopic (exact) mass is 399 g/mol. The molecule has 0 bridgehead atoms. The second-order valence-corrected chi connectivity index (χ2v) is 6.96. The van der Waals surface area contributed by atoms with Crippen LogP contribution in [0.5, 0.6) is 5.75 Å². The van der Waals surface area contributed by atoms with Gasteiger partial charge in [-0.05, 0) is 43.3 Å². The molecule has 0 unspecified atom stereocenters. The second kappa shape index (κ2) is 8.18. The molecule has 0 saturated carbocycles. The number of thiazole rings is 1. The summed E-state index contributed by atoms with van der Waals surface area (Å²) in [6.07, 6.45) is 0. The summed E-state index contributed by atoms with van der Waals surface area (Å²) in [5, 5.41) is 5.81. The van der Waals surface area contributed by atoms with Crippen molar-refractivity contribution in [2.24, 2.45) is 0 Å². The number of ether oxygens (including phenoxy) is 1. The largest absolute Gasteiger partial charge is 0.496 e. The van der Waals surface area contributed by atoms with E-state index >= 15 is 0 Å². The standard InChI is InChI=1S/C20H18FN3O3S/c1-11-18(19(26)24-14-9-7-13(8-10-14)23-12(2)25)28-20(22-11)17-15(21)5-4-6-16(17)27-3/h4-10H,1-3H3,(H,23,25)(H,24,26). The lowest BCUT2D eigenvalue weighted by molar-refractivity contribution is -0.114. The van der Waals surface area contributed by atoms with Gasteiger partial charge in [-0.25, -0.2) is 9.37 Å². The molecule has 0 fully saturated rings. The van der Waals surface area contributed by atoms with Crippen LogP contribution in [0.4, 0.5) is 15.8 Å². The van der Waals surface area contributed by atoms with Crippen molar-refractivity contribution in [3.05, 3.63) is 58.9 Å². The van der Waals surface area contributed by atoms with Gasteiger partial charge in [-0.15, -0.1) is 11.3 Å². The zero-order valence-electron chi connectivity index (χ0n) is 15.5. The van der Waals surface area contributed by atoms with Crippen molar-refractivity contribution in [1.82, 2.24) is 4.98 Å². The van der Waals surface area contributed by atoms with E-state index in [2.05, 4.69) is 15.6 Å². The lowest BCUT2D eigenvalue weighted by Crippen LogP contribution is -2.11. The number of halogens is 1. The molecule has 0 aliphatic carbocycles. The highest BCUT2D eigenvalue weighted by atomic mass is 32.1. The Kier molecular flexibility index (Phi) is 5.70. The highest BCUT2D eigenvalue weighted by Gasteiger charge is 2.21. The highest BCUT2D eigenvalue weighted by Crippen LogP contribution is 2.36. The Morgan fingerprint density at radius 3 is 2.32 bits per heavy atom. The summed E-state index contributed by atoms with van der Waals surface area (Å²) >= 11 is 1.10. The predicted octanol–water partition coefficient (Wildman–Crippen LogP) is 4.48. The first-order valence-electron chi connectivity index (χ1n) is 8.38. The third-order valence-corrected chi connectivity index (χ3v) is 5.05. The molecule has 0 aliphatic rings. The molecular formula is C20H18FN3O3S. The first-order valence-corrected chi connectivity index (χ1v) is 9.20. The van der Waals surface area contributed by atoms with Gasteiger partial charge < -0.3 is 15.4 Å². The van der Waals surface area contributed by atoms with Crippen LogP contribution < -0.4 is 15.4 Å². The number of benzene rings is 2. The summed E-state index contributed by atoms with van der Waals surface area (Å²) < 4.78 is 19.5. The predicted molar refractivity (Wildman–Crippen MR) is 107 cm³/mol. The Morgan fingerprint density at radius 1 is 1.07 bits per heavy atom. The fourth-order valence-corrected chi connectivity index (χ4v) is 3.64. The Hall–Kier alpha value is -3.26. The van der Waals surface area contributed by atoms with Crippen LogP contribution in [0.3, 0.4) is 0 Å². The van der Waals surface area contributed by atoms with Crippen molar-refractivity contribution in [3.8, 4) is 16.3 Å². The number of aromatic nitrogens is 1. The Bertz CT molecular complexity index is 1030. The van der Waals surface area contributed by atoms with E-state index in [0.717, 1.165) is 11.3 Å². The van der Waals surface area contributed by atoms with Gasteiger partial charge in [0, 0.05) is 18.3 Å². The molecule has 144 valence electrons. The van der Waals surface area contributed by atoms with Gasteiger partial charge in [-0.1, -0.05) is 6.07 Å². The molecular weight excluding hydrogens is 381 g/mol. The minimum atomic E-state index is -0.464. The quantitative estimate of drug-likeness (QED) is 0.663. The molecule has 0 atom stereocenters. The van der Waals surface area contributed by atoms with E-state index in [1.54, 1.807) is 43.3 Å². The maximum absolute atomic E-state index is 14.3. The van der Waals surface area contributed by atoms with E-state index in [1.807, 2.05) is 0 Å². The van der Waals surface area contributed by atoms with Crippen molar-refractivity contribution in [2.75, 3.05) is 17.7 Å². The fraction of sp³-hybridized carbons (Fsp3) is 0.150. The summed E-state index contributed by atoms with van der Waals surface area (Å²) in [6.45, 7) is 3.12. The van der Waals surface area contributed by atoms with Gasteiger partial charge in [0.15, 0.2) is 0 Å². The number of hydrogen-bond donors (Lipinski definition) is 2. The number of hydrogen-bond acceptors (Lipinski definition) is 5. The number of carbonyl (C=O) groups excluding carboxylic acids is 2. The molecule has 3 rings (SSSR count). The third kappa shape index (κ3) is 4.17. The smallest absolute Gasteiger partial charge is 0.267 e. The lowest BCUT2D eigenvalue weighted by atomic mass is 10.2. The van der Waals surface area contributed by atoms with Gasteiger partial charge in [-0.2, -0.15) is 0 Å². The summed E-state index contributed by atoms with van der Waals surface area (Å²) in [6, 6.07) is 11.3. The van der Waals surface area contributed by atoms with Gasteiger partial charge in [0.2, 0.25) is 5.91 Å². The Balaban J connectivity index is 1.83. The SMILES string of the molecule is COc1cccc(F)c1-c1nc(C)c(C(=O)Nc2ccc(NC(C)=O)cc2)s1. The zero-order valence-corrected chi connectivity index (χ0v) is 16.3. The molecule has 0 spiro atoms. The van der Waals surface area contributed by atoms with Crippen molar-refractivity contribution in [3.63, 3.8) is 0 Å². The molecule has 0 radical (unpaired) electrons. The Labute approximate surface area is 165 Å². The second-order valence-electron chi connectivity index (χ2n) is 5.96. The minimum absolute atomic E-state index is 0.173. The van der Waals surface area contributed by atoms with E-state index in [0.29, 0.717) is 32.7 Å². The molecule has 1 aromatic heterocycles. The molecule has 28 heavy (non-hydrogen) atoms. The van der Waals surface area contributed by atoms with Crippen LogP contribution in [-0.2, 0) is 4.79 Å². The molecule has 2 N–H and O–H groups in total. The van der Waals surface area contributed by atoms with Crippen molar-refractivity contribution < 1.29 is 18.7 Å². The normalized spacial score (nSPS) is 10.4. The van der Waals surface area contributed by atoms with Crippen LogP contribution in [0, 0.1) is 12.7 Å². The maximum atomic E-state index is 14.3. The number of nitrogens with zero attached hydrogens (tertiary/aromatic N) is 1. The molecule has 0 aliphatic heterocycles. The molecule has 0 saturated heterocycles. The first-order chi connectivity index (χ1) is 13.4. The number of aryl methyl sites for hydroxylation is 1. The first kappa shape index (κ1) is 19.5. The molecule has 1 heterocycles. The van der Waals surface area contributed by atoms with Gasteiger partial charge >= 0.3 is 0 Å². The van der Waals surface area contributed by atoms with Gasteiger partial charge in [0.1, 0.15) is 21.5 Å². The summed E-state index contributed by atoms with van der Waals surface area (Å²) in [7, 11) is 1.46. The summed E-state index contributed by atoms with van der Waals surface area (Å²) in [5.41, 5.74) is 1.93. The van der Waals surface area contributed by atoms with Crippen LogP contribution >= 0.6 is 11.3 Å². The van der Waals surface area contributed by atoms with Crippen LogP contribution in [0.25, 0.3) is 10.6 Å². The van der Waals surface area contributed by atoms with E-state index in [4.69, 9.17) is 4.74 Å². The number of rotatable bonds is 5. The topological polar surface area (TPSA) is 80.3 Å².